The summed E-state index contributed by atoms with van der Waals surface area (Å²) in [7, 11) is 1.20. The van der Waals surface area contributed by atoms with E-state index in [4.69, 9.17) is 37.8 Å². The molecule has 7 nitrogen and oxygen atoms in total. The van der Waals surface area contributed by atoms with Gasteiger partial charge in [0.2, 0.25) is 5.76 Å². The lowest BCUT2D eigenvalue weighted by molar-refractivity contribution is -0.135. The van der Waals surface area contributed by atoms with Gasteiger partial charge in [0.05, 0.1) is 29.5 Å². The fourth-order valence-corrected chi connectivity index (χ4v) is 4.57. The summed E-state index contributed by atoms with van der Waals surface area (Å²) in [6.45, 7) is 7.02. The first-order chi connectivity index (χ1) is 17.9. The number of rotatable bonds is 10. The maximum Gasteiger partial charge on any atom is 0.371 e. The summed E-state index contributed by atoms with van der Waals surface area (Å²) in [4.78, 5) is 28.4. The fraction of sp³-hybridized carbons (Fsp3) is 0.296. The van der Waals surface area contributed by atoms with Crippen molar-refractivity contribution in [3.8, 4) is 11.3 Å². The maximum atomic E-state index is 15.2. The largest absolute Gasteiger partial charge is 0.490 e. The van der Waals surface area contributed by atoms with Crippen molar-refractivity contribution >= 4 is 57.6 Å². The van der Waals surface area contributed by atoms with E-state index in [9.17, 15) is 9.59 Å². The smallest absolute Gasteiger partial charge is 0.371 e. The quantitative estimate of drug-likeness (QED) is 0.146. The van der Waals surface area contributed by atoms with Crippen LogP contribution in [0, 0.1) is 11.2 Å². The molecule has 0 aliphatic carbocycles. The van der Waals surface area contributed by atoms with Crippen LogP contribution in [0.2, 0.25) is 10.0 Å². The molecule has 0 radical (unpaired) electrons. The molecular formula is C27H27Cl2FN2O5S. The number of amides is 1. The SMILES string of the molecule is CO/C(=C\c1c(Cl)cc(C(=O)Nc2nc(-c3cccc(COCCC(C)(C)C)c3F)cs2)cc1Cl)C(=O)O. The monoisotopic (exact) mass is 580 g/mol. The highest BCUT2D eigenvalue weighted by atomic mass is 35.5. The van der Waals surface area contributed by atoms with Gasteiger partial charge < -0.3 is 14.6 Å². The van der Waals surface area contributed by atoms with Crippen molar-refractivity contribution in [2.75, 3.05) is 19.0 Å². The van der Waals surface area contributed by atoms with Gasteiger partial charge in [0.1, 0.15) is 5.82 Å². The lowest BCUT2D eigenvalue weighted by atomic mass is 9.93. The first-order valence-corrected chi connectivity index (χ1v) is 13.1. The summed E-state index contributed by atoms with van der Waals surface area (Å²) in [5.41, 5.74) is 1.55. The maximum absolute atomic E-state index is 15.2. The van der Waals surface area contributed by atoms with Crippen LogP contribution in [0.15, 0.2) is 41.5 Å². The van der Waals surface area contributed by atoms with E-state index in [1.807, 2.05) is 0 Å². The molecule has 2 N–H and O–H groups in total. The molecule has 0 unspecified atom stereocenters. The molecule has 3 aromatic rings. The minimum atomic E-state index is -1.30. The number of benzene rings is 2. The van der Waals surface area contributed by atoms with Crippen molar-refractivity contribution < 1.29 is 28.6 Å². The number of nitrogens with zero attached hydrogens (tertiary/aromatic N) is 1. The molecule has 0 atom stereocenters. The molecule has 1 heterocycles. The third-order valence-corrected chi connectivity index (χ3v) is 6.76. The highest BCUT2D eigenvalue weighted by molar-refractivity contribution is 7.14. The van der Waals surface area contributed by atoms with Crippen molar-refractivity contribution in [3.63, 3.8) is 0 Å². The highest BCUT2D eigenvalue weighted by Crippen LogP contribution is 2.31. The van der Waals surface area contributed by atoms with E-state index in [-0.39, 0.29) is 44.1 Å². The zero-order valence-corrected chi connectivity index (χ0v) is 23.6. The molecule has 11 heteroatoms. The predicted octanol–water partition coefficient (Wildman–Crippen LogP) is 7.53. The summed E-state index contributed by atoms with van der Waals surface area (Å²) in [6, 6.07) is 7.72. The molecule has 0 spiro atoms. The Balaban J connectivity index is 1.73. The summed E-state index contributed by atoms with van der Waals surface area (Å²) in [5.74, 6) is -2.63. The van der Waals surface area contributed by atoms with E-state index in [1.165, 1.54) is 25.3 Å². The molecule has 0 aliphatic heterocycles. The van der Waals surface area contributed by atoms with E-state index in [0.717, 1.165) is 17.8 Å². The van der Waals surface area contributed by atoms with E-state index >= 15 is 4.39 Å². The summed E-state index contributed by atoms with van der Waals surface area (Å²) < 4.78 is 25.6. The number of aliphatic carboxylic acids is 1. The third-order valence-electron chi connectivity index (χ3n) is 5.38. The third kappa shape index (κ3) is 7.77. The van der Waals surface area contributed by atoms with Gasteiger partial charge in [0, 0.05) is 34.2 Å². The molecule has 0 saturated carbocycles. The van der Waals surface area contributed by atoms with Gasteiger partial charge in [-0.15, -0.1) is 11.3 Å². The van der Waals surface area contributed by atoms with Crippen molar-refractivity contribution in [2.24, 2.45) is 5.41 Å². The number of carbonyl (C=O) groups excluding carboxylic acids is 1. The number of nitrogens with one attached hydrogen (secondary N) is 1. The van der Waals surface area contributed by atoms with Gasteiger partial charge in [0.15, 0.2) is 5.13 Å². The molecule has 1 aromatic heterocycles. The lowest BCUT2D eigenvalue weighted by Gasteiger charge is -2.17. The van der Waals surface area contributed by atoms with Crippen LogP contribution in [0.5, 0.6) is 0 Å². The van der Waals surface area contributed by atoms with Gasteiger partial charge in [-0.2, -0.15) is 0 Å². The molecule has 0 saturated heterocycles. The molecule has 1 amide bonds. The Bertz CT molecular complexity index is 1340. The molecule has 3 rings (SSSR count). The van der Waals surface area contributed by atoms with Crippen LogP contribution in [0.25, 0.3) is 17.3 Å². The van der Waals surface area contributed by atoms with E-state index in [1.54, 1.807) is 23.6 Å². The number of hydrogen-bond acceptors (Lipinski definition) is 6. The Kier molecular flexibility index (Phi) is 9.89. The Morgan fingerprint density at radius 1 is 1.21 bits per heavy atom. The second kappa shape index (κ2) is 12.7. The summed E-state index contributed by atoms with van der Waals surface area (Å²) in [6.07, 6.45) is 2.02. The van der Waals surface area contributed by atoms with Crippen LogP contribution in [0.1, 0.15) is 48.7 Å². The fourth-order valence-electron chi connectivity index (χ4n) is 3.27. The van der Waals surface area contributed by atoms with Crippen LogP contribution < -0.4 is 5.32 Å². The highest BCUT2D eigenvalue weighted by Gasteiger charge is 2.18. The lowest BCUT2D eigenvalue weighted by Crippen LogP contribution is -2.12. The van der Waals surface area contributed by atoms with Crippen molar-refractivity contribution in [2.45, 2.75) is 33.8 Å². The average Bonchev–Trinajstić information content (AvgIpc) is 3.29. The zero-order valence-electron chi connectivity index (χ0n) is 21.2. The van der Waals surface area contributed by atoms with Gasteiger partial charge in [-0.3, -0.25) is 10.1 Å². The van der Waals surface area contributed by atoms with Gasteiger partial charge in [-0.1, -0.05) is 56.1 Å². The van der Waals surface area contributed by atoms with E-state index < -0.39 is 17.7 Å². The minimum absolute atomic E-state index is 0.0573. The van der Waals surface area contributed by atoms with Gasteiger partial charge in [0.25, 0.3) is 5.91 Å². The number of hydrogen-bond donors (Lipinski definition) is 2. The molecular weight excluding hydrogens is 554 g/mol. The number of methoxy groups -OCH3 is 1. The zero-order chi connectivity index (χ0) is 28.0. The Morgan fingerprint density at radius 3 is 2.50 bits per heavy atom. The van der Waals surface area contributed by atoms with Gasteiger partial charge >= 0.3 is 5.97 Å². The number of carboxylic acids is 1. The normalized spacial score (nSPS) is 11.9. The van der Waals surface area contributed by atoms with E-state index in [0.29, 0.717) is 23.4 Å². The number of anilines is 1. The van der Waals surface area contributed by atoms with Crippen LogP contribution >= 0.6 is 34.5 Å². The molecule has 0 fully saturated rings. The first kappa shape index (κ1) is 29.6. The van der Waals surface area contributed by atoms with Crippen LogP contribution in [-0.4, -0.2) is 35.7 Å². The number of aromatic nitrogens is 1. The number of carboxylic acid groups (broad SMARTS) is 1. The Labute approximate surface area is 234 Å². The average molecular weight is 581 g/mol. The van der Waals surface area contributed by atoms with Crippen molar-refractivity contribution in [3.05, 3.63) is 74.0 Å². The summed E-state index contributed by atoms with van der Waals surface area (Å²) in [5, 5.41) is 13.8. The second-order valence-corrected chi connectivity index (χ2v) is 11.2. The molecule has 2 aromatic carbocycles. The summed E-state index contributed by atoms with van der Waals surface area (Å²) >= 11 is 13.6. The minimum Gasteiger partial charge on any atom is -0.490 e. The number of thiazole rings is 1. The number of ether oxygens (including phenoxy) is 2. The van der Waals surface area contributed by atoms with Gasteiger partial charge in [-0.25, -0.2) is 14.2 Å². The number of halogens is 3. The molecule has 38 heavy (non-hydrogen) atoms. The van der Waals surface area contributed by atoms with Gasteiger partial charge in [-0.05, 0) is 36.1 Å². The Morgan fingerprint density at radius 2 is 1.89 bits per heavy atom. The predicted molar refractivity (Wildman–Crippen MR) is 148 cm³/mol. The molecule has 0 aliphatic rings. The second-order valence-electron chi connectivity index (χ2n) is 9.51. The first-order valence-electron chi connectivity index (χ1n) is 11.5. The van der Waals surface area contributed by atoms with Crippen LogP contribution in [-0.2, 0) is 20.9 Å². The molecule has 202 valence electrons. The van der Waals surface area contributed by atoms with E-state index in [2.05, 4.69) is 31.1 Å². The Hall–Kier alpha value is -2.98. The molecule has 0 bridgehead atoms. The number of carbonyl (C=O) groups is 2. The topological polar surface area (TPSA) is 97.8 Å². The van der Waals surface area contributed by atoms with Crippen molar-refractivity contribution in [1.82, 2.24) is 4.98 Å². The van der Waals surface area contributed by atoms with Crippen LogP contribution in [0.4, 0.5) is 9.52 Å². The van der Waals surface area contributed by atoms with Crippen LogP contribution in [0.3, 0.4) is 0 Å². The van der Waals surface area contributed by atoms with Crippen molar-refractivity contribution in [1.29, 1.82) is 0 Å². The standard InChI is InChI=1S/C27H27Cl2FN2O5S/c1-27(2,3)8-9-37-13-15-6-5-7-17(23(15)30)21-14-38-26(31-21)32-24(33)16-10-19(28)18(20(29)11-16)12-22(36-4)25(34)35/h5-7,10-12,14H,8-9,13H2,1-4H3,(H,34,35)(H,31,32,33)/b22-12-.